The van der Waals surface area contributed by atoms with Crippen molar-refractivity contribution in [3.8, 4) is 5.75 Å². The average molecular weight is 362 g/mol. The molecule has 1 aliphatic heterocycles. The molecule has 1 aromatic rings. The molecule has 0 fully saturated rings. The summed E-state index contributed by atoms with van der Waals surface area (Å²) in [5, 5.41) is 12.2. The molecule has 0 saturated carbocycles. The van der Waals surface area contributed by atoms with E-state index in [0.717, 1.165) is 37.8 Å². The summed E-state index contributed by atoms with van der Waals surface area (Å²) in [7, 11) is 0. The molecule has 1 heterocycles. The average Bonchev–Trinajstić information content (AvgIpc) is 2.60. The maximum Gasteiger partial charge on any atom is 0.335 e. The minimum atomic E-state index is -0.963. The SMILES string of the molecule is CC(C)CCN1CC(=O)NCCCCCOc2cc(C(=O)O)ccc2C1. The van der Waals surface area contributed by atoms with Gasteiger partial charge in [0.1, 0.15) is 5.75 Å². The van der Waals surface area contributed by atoms with E-state index >= 15 is 0 Å². The van der Waals surface area contributed by atoms with Gasteiger partial charge in [-0.05, 0) is 50.3 Å². The van der Waals surface area contributed by atoms with Gasteiger partial charge in [-0.15, -0.1) is 0 Å². The zero-order chi connectivity index (χ0) is 18.9. The fraction of sp³-hybridized carbons (Fsp3) is 0.600. The number of fused-ring (bicyclic) bond motifs is 1. The number of ether oxygens (including phenoxy) is 1. The maximum atomic E-state index is 12.2. The molecule has 0 unspecified atom stereocenters. The zero-order valence-electron chi connectivity index (χ0n) is 15.8. The zero-order valence-corrected chi connectivity index (χ0v) is 15.8. The van der Waals surface area contributed by atoms with Gasteiger partial charge in [-0.1, -0.05) is 19.9 Å². The molecule has 0 spiro atoms. The Hall–Kier alpha value is -2.08. The Balaban J connectivity index is 2.23. The first-order valence-electron chi connectivity index (χ1n) is 9.43. The second-order valence-electron chi connectivity index (χ2n) is 7.28. The molecule has 6 nitrogen and oxygen atoms in total. The molecule has 1 amide bonds. The molecule has 0 aromatic heterocycles. The van der Waals surface area contributed by atoms with Crippen molar-refractivity contribution < 1.29 is 19.4 Å². The van der Waals surface area contributed by atoms with Crippen molar-refractivity contribution in [1.29, 1.82) is 0 Å². The fourth-order valence-electron chi connectivity index (χ4n) is 2.92. The van der Waals surface area contributed by atoms with Crippen molar-refractivity contribution in [3.05, 3.63) is 29.3 Å². The van der Waals surface area contributed by atoms with E-state index in [1.165, 1.54) is 0 Å². The van der Waals surface area contributed by atoms with Gasteiger partial charge in [-0.25, -0.2) is 4.79 Å². The molecule has 26 heavy (non-hydrogen) atoms. The number of hydrogen-bond donors (Lipinski definition) is 2. The van der Waals surface area contributed by atoms with Crippen LogP contribution in [0.5, 0.6) is 5.75 Å². The van der Waals surface area contributed by atoms with Gasteiger partial charge in [0.2, 0.25) is 5.91 Å². The van der Waals surface area contributed by atoms with E-state index in [2.05, 4.69) is 24.1 Å². The molecule has 0 aliphatic carbocycles. The van der Waals surface area contributed by atoms with E-state index < -0.39 is 5.97 Å². The Morgan fingerprint density at radius 1 is 1.27 bits per heavy atom. The van der Waals surface area contributed by atoms with E-state index in [-0.39, 0.29) is 11.5 Å². The Bertz CT molecular complexity index is 616. The lowest BCUT2D eigenvalue weighted by Crippen LogP contribution is -2.38. The predicted molar refractivity (Wildman–Crippen MR) is 100 cm³/mol. The summed E-state index contributed by atoms with van der Waals surface area (Å²) >= 11 is 0. The molecule has 1 aromatic carbocycles. The molecule has 0 saturated heterocycles. The quantitative estimate of drug-likeness (QED) is 0.861. The highest BCUT2D eigenvalue weighted by molar-refractivity contribution is 5.88. The lowest BCUT2D eigenvalue weighted by molar-refractivity contribution is -0.122. The minimum Gasteiger partial charge on any atom is -0.493 e. The number of carboxylic acids is 1. The summed E-state index contributed by atoms with van der Waals surface area (Å²) in [6.45, 7) is 7.28. The van der Waals surface area contributed by atoms with Crippen LogP contribution in [0.2, 0.25) is 0 Å². The normalized spacial score (nSPS) is 17.3. The Labute approximate surface area is 155 Å². The summed E-state index contributed by atoms with van der Waals surface area (Å²) < 4.78 is 5.90. The number of benzene rings is 1. The van der Waals surface area contributed by atoms with Crippen LogP contribution >= 0.6 is 0 Å². The largest absolute Gasteiger partial charge is 0.493 e. The molecule has 144 valence electrons. The second kappa shape index (κ2) is 10.2. The van der Waals surface area contributed by atoms with Gasteiger partial charge in [0.05, 0.1) is 18.7 Å². The van der Waals surface area contributed by atoms with Gasteiger partial charge in [0, 0.05) is 18.7 Å². The number of carbonyl (C=O) groups is 2. The Morgan fingerprint density at radius 3 is 2.81 bits per heavy atom. The van der Waals surface area contributed by atoms with E-state index in [0.29, 0.717) is 37.9 Å². The number of aromatic carboxylic acids is 1. The maximum absolute atomic E-state index is 12.2. The lowest BCUT2D eigenvalue weighted by Gasteiger charge is -2.24. The van der Waals surface area contributed by atoms with Crippen LogP contribution in [0.4, 0.5) is 0 Å². The first-order valence-corrected chi connectivity index (χ1v) is 9.43. The van der Waals surface area contributed by atoms with Gasteiger partial charge in [-0.2, -0.15) is 0 Å². The van der Waals surface area contributed by atoms with Gasteiger partial charge in [0.15, 0.2) is 0 Å². The molecular formula is C20H30N2O4. The summed E-state index contributed by atoms with van der Waals surface area (Å²) in [5.41, 5.74) is 1.14. The van der Waals surface area contributed by atoms with Crippen molar-refractivity contribution in [2.75, 3.05) is 26.2 Å². The van der Waals surface area contributed by atoms with Gasteiger partial charge >= 0.3 is 5.97 Å². The number of hydrogen-bond acceptors (Lipinski definition) is 4. The number of carbonyl (C=O) groups excluding carboxylic acids is 1. The third-order valence-electron chi connectivity index (χ3n) is 4.50. The monoisotopic (exact) mass is 362 g/mol. The fourth-order valence-corrected chi connectivity index (χ4v) is 2.92. The first-order chi connectivity index (χ1) is 12.5. The van der Waals surface area contributed by atoms with Gasteiger partial charge in [-0.3, -0.25) is 9.69 Å². The molecule has 2 N–H and O–H groups in total. The third-order valence-corrected chi connectivity index (χ3v) is 4.50. The topological polar surface area (TPSA) is 78.9 Å². The van der Waals surface area contributed by atoms with Gasteiger partial charge < -0.3 is 15.2 Å². The summed E-state index contributed by atoms with van der Waals surface area (Å²) in [4.78, 5) is 25.6. The van der Waals surface area contributed by atoms with Crippen LogP contribution in [0, 0.1) is 5.92 Å². The molecule has 2 rings (SSSR count). The first kappa shape index (κ1) is 20.2. The van der Waals surface area contributed by atoms with Crippen molar-refractivity contribution >= 4 is 11.9 Å². The van der Waals surface area contributed by atoms with Gasteiger partial charge in [0.25, 0.3) is 0 Å². The van der Waals surface area contributed by atoms with E-state index in [1.807, 2.05) is 0 Å². The molecular weight excluding hydrogens is 332 g/mol. The number of rotatable bonds is 4. The number of nitrogens with zero attached hydrogens (tertiary/aromatic N) is 1. The van der Waals surface area contributed by atoms with Crippen molar-refractivity contribution in [3.63, 3.8) is 0 Å². The van der Waals surface area contributed by atoms with Crippen molar-refractivity contribution in [1.82, 2.24) is 10.2 Å². The van der Waals surface area contributed by atoms with Crippen LogP contribution < -0.4 is 10.1 Å². The lowest BCUT2D eigenvalue weighted by atomic mass is 10.1. The highest BCUT2D eigenvalue weighted by atomic mass is 16.5. The number of carboxylic acid groups (broad SMARTS) is 1. The molecule has 1 aliphatic rings. The highest BCUT2D eigenvalue weighted by Crippen LogP contribution is 2.23. The summed E-state index contributed by atoms with van der Waals surface area (Å²) in [6.07, 6.45) is 3.76. The summed E-state index contributed by atoms with van der Waals surface area (Å²) in [5.74, 6) is 0.236. The summed E-state index contributed by atoms with van der Waals surface area (Å²) in [6, 6.07) is 5.00. The third kappa shape index (κ3) is 6.67. The predicted octanol–water partition coefficient (Wildman–Crippen LogP) is 2.91. The Morgan fingerprint density at radius 2 is 2.08 bits per heavy atom. The van der Waals surface area contributed by atoms with Crippen LogP contribution in [0.25, 0.3) is 0 Å². The molecule has 6 heteroatoms. The minimum absolute atomic E-state index is 0.0395. The van der Waals surface area contributed by atoms with Crippen LogP contribution in [-0.4, -0.2) is 48.1 Å². The van der Waals surface area contributed by atoms with E-state index in [1.54, 1.807) is 18.2 Å². The smallest absolute Gasteiger partial charge is 0.335 e. The number of amides is 1. The second-order valence-corrected chi connectivity index (χ2v) is 7.28. The molecule has 0 bridgehead atoms. The van der Waals surface area contributed by atoms with Crippen molar-refractivity contribution in [2.24, 2.45) is 5.92 Å². The highest BCUT2D eigenvalue weighted by Gasteiger charge is 2.16. The standard InChI is InChI=1S/C20H30N2O4/c1-15(2)8-10-22-13-17-7-6-16(20(24)25)12-18(17)26-11-5-3-4-9-21-19(23)14-22/h6-7,12,15H,3-5,8-11,13-14H2,1-2H3,(H,21,23)(H,24,25). The van der Waals surface area contributed by atoms with Crippen LogP contribution in [0.3, 0.4) is 0 Å². The van der Waals surface area contributed by atoms with Crippen molar-refractivity contribution in [2.45, 2.75) is 46.1 Å². The van der Waals surface area contributed by atoms with Crippen LogP contribution in [0.15, 0.2) is 18.2 Å². The van der Waals surface area contributed by atoms with E-state index in [4.69, 9.17) is 4.74 Å². The Kier molecular flexibility index (Phi) is 7.91. The molecule has 0 atom stereocenters. The number of nitrogens with one attached hydrogen (secondary N) is 1. The van der Waals surface area contributed by atoms with Crippen LogP contribution in [0.1, 0.15) is 55.5 Å². The molecule has 0 radical (unpaired) electrons. The van der Waals surface area contributed by atoms with Crippen LogP contribution in [-0.2, 0) is 11.3 Å². The van der Waals surface area contributed by atoms with E-state index in [9.17, 15) is 14.7 Å².